The van der Waals surface area contributed by atoms with Gasteiger partial charge < -0.3 is 14.3 Å². The molecule has 7 nitrogen and oxygen atoms in total. The van der Waals surface area contributed by atoms with E-state index >= 15 is 0 Å². The first-order valence-electron chi connectivity index (χ1n) is 7.49. The van der Waals surface area contributed by atoms with Gasteiger partial charge in [0.1, 0.15) is 0 Å². The molecule has 1 N–H and O–H groups in total. The van der Waals surface area contributed by atoms with Gasteiger partial charge in [-0.2, -0.15) is 5.26 Å². The maximum atomic E-state index is 12.4. The lowest BCUT2D eigenvalue weighted by atomic mass is 10.2. The summed E-state index contributed by atoms with van der Waals surface area (Å²) >= 11 is 1.30. The Balaban J connectivity index is 1.69. The fourth-order valence-corrected chi connectivity index (χ4v) is 2.97. The third kappa shape index (κ3) is 3.72. The maximum absolute atomic E-state index is 12.4. The van der Waals surface area contributed by atoms with Gasteiger partial charge in [0.2, 0.25) is 5.91 Å². The molecular formula is C17H15N5O2S. The quantitative estimate of drug-likeness (QED) is 0.708. The third-order valence-corrected chi connectivity index (χ3v) is 4.62. The number of thioether (sulfide) groups is 1. The summed E-state index contributed by atoms with van der Waals surface area (Å²) < 4.78 is 7.11. The summed E-state index contributed by atoms with van der Waals surface area (Å²) in [7, 11) is 1.82. The van der Waals surface area contributed by atoms with Crippen LogP contribution in [0.2, 0.25) is 0 Å². The second-order valence-electron chi connectivity index (χ2n) is 5.28. The number of hydrogen-bond donors (Lipinski definition) is 1. The monoisotopic (exact) mass is 353 g/mol. The van der Waals surface area contributed by atoms with Crippen LogP contribution in [0.15, 0.2) is 52.2 Å². The molecule has 0 aliphatic carbocycles. The van der Waals surface area contributed by atoms with Crippen molar-refractivity contribution in [3.8, 4) is 17.7 Å². The van der Waals surface area contributed by atoms with Crippen LogP contribution in [-0.2, 0) is 11.8 Å². The molecule has 1 amide bonds. The molecule has 1 unspecified atom stereocenters. The first-order valence-corrected chi connectivity index (χ1v) is 8.37. The molecule has 2 aromatic heterocycles. The third-order valence-electron chi connectivity index (χ3n) is 3.49. The van der Waals surface area contributed by atoms with E-state index in [1.807, 2.05) is 13.1 Å². The minimum absolute atomic E-state index is 0.178. The van der Waals surface area contributed by atoms with Crippen LogP contribution in [0.3, 0.4) is 0 Å². The zero-order chi connectivity index (χ0) is 17.8. The maximum Gasteiger partial charge on any atom is 0.237 e. The number of benzene rings is 1. The summed E-state index contributed by atoms with van der Waals surface area (Å²) in [4.78, 5) is 12.4. The Bertz CT molecular complexity index is 927. The van der Waals surface area contributed by atoms with Crippen molar-refractivity contribution in [2.45, 2.75) is 17.3 Å². The number of furan rings is 1. The molecule has 2 heterocycles. The van der Waals surface area contributed by atoms with E-state index in [2.05, 4.69) is 15.5 Å². The van der Waals surface area contributed by atoms with Crippen LogP contribution in [0.25, 0.3) is 11.6 Å². The molecule has 1 atom stereocenters. The molecule has 8 heteroatoms. The number of amides is 1. The van der Waals surface area contributed by atoms with Gasteiger partial charge in [0, 0.05) is 12.7 Å². The Morgan fingerprint density at radius 3 is 2.92 bits per heavy atom. The van der Waals surface area contributed by atoms with Gasteiger partial charge in [0.15, 0.2) is 16.7 Å². The van der Waals surface area contributed by atoms with Gasteiger partial charge in [0.05, 0.1) is 23.1 Å². The molecule has 0 aliphatic rings. The lowest BCUT2D eigenvalue weighted by Crippen LogP contribution is -2.22. The SMILES string of the molecule is CC(Sc1nnc(-c2ccco2)n1C)C(=O)Nc1cccc(C#N)c1. The molecule has 0 aliphatic heterocycles. The fourth-order valence-electron chi connectivity index (χ4n) is 2.16. The van der Waals surface area contributed by atoms with Crippen LogP contribution >= 0.6 is 11.8 Å². The molecule has 0 bridgehead atoms. The van der Waals surface area contributed by atoms with E-state index < -0.39 is 5.25 Å². The molecule has 126 valence electrons. The van der Waals surface area contributed by atoms with Crippen molar-refractivity contribution in [1.82, 2.24) is 14.8 Å². The lowest BCUT2D eigenvalue weighted by molar-refractivity contribution is -0.115. The number of nitrogens with one attached hydrogen (secondary N) is 1. The summed E-state index contributed by atoms with van der Waals surface area (Å²) in [6, 6.07) is 12.4. The largest absolute Gasteiger partial charge is 0.461 e. The van der Waals surface area contributed by atoms with E-state index in [1.165, 1.54) is 11.8 Å². The minimum atomic E-state index is -0.391. The number of hydrogen-bond acceptors (Lipinski definition) is 6. The summed E-state index contributed by atoms with van der Waals surface area (Å²) in [6.07, 6.45) is 1.57. The van der Waals surface area contributed by atoms with Crippen LogP contribution in [0.1, 0.15) is 12.5 Å². The van der Waals surface area contributed by atoms with Crippen LogP contribution in [-0.4, -0.2) is 25.9 Å². The van der Waals surface area contributed by atoms with Crippen LogP contribution in [0.5, 0.6) is 0 Å². The number of carbonyl (C=O) groups excluding carboxylic acids is 1. The summed E-state index contributed by atoms with van der Waals surface area (Å²) in [5, 5.41) is 20.2. The van der Waals surface area contributed by atoms with Crippen molar-refractivity contribution in [3.63, 3.8) is 0 Å². The standard InChI is InChI=1S/C17H15N5O2S/c1-11(16(23)19-13-6-3-5-12(9-13)10-18)25-17-21-20-15(22(17)2)14-7-4-8-24-14/h3-9,11H,1-2H3,(H,19,23). The molecule has 25 heavy (non-hydrogen) atoms. The predicted octanol–water partition coefficient (Wildman–Crippen LogP) is 3.07. The Morgan fingerprint density at radius 2 is 2.20 bits per heavy atom. The van der Waals surface area contributed by atoms with E-state index in [0.717, 1.165) is 0 Å². The van der Waals surface area contributed by atoms with Crippen molar-refractivity contribution in [2.24, 2.45) is 7.05 Å². The van der Waals surface area contributed by atoms with Gasteiger partial charge in [-0.15, -0.1) is 10.2 Å². The number of anilines is 1. The van der Waals surface area contributed by atoms with Crippen molar-refractivity contribution in [2.75, 3.05) is 5.32 Å². The van der Waals surface area contributed by atoms with Gasteiger partial charge >= 0.3 is 0 Å². The molecule has 0 fully saturated rings. The smallest absolute Gasteiger partial charge is 0.237 e. The molecule has 1 aromatic carbocycles. The summed E-state index contributed by atoms with van der Waals surface area (Å²) in [5.41, 5.74) is 1.08. The zero-order valence-corrected chi connectivity index (χ0v) is 14.4. The second kappa shape index (κ2) is 7.23. The number of nitrogens with zero attached hydrogens (tertiary/aromatic N) is 4. The van der Waals surface area contributed by atoms with E-state index in [0.29, 0.717) is 28.0 Å². The van der Waals surface area contributed by atoms with Crippen LogP contribution in [0, 0.1) is 11.3 Å². The average molecular weight is 353 g/mol. The first kappa shape index (κ1) is 16.8. The summed E-state index contributed by atoms with van der Waals surface area (Å²) in [6.45, 7) is 1.79. The van der Waals surface area contributed by atoms with Crippen LogP contribution < -0.4 is 5.32 Å². The Hall–Kier alpha value is -3.05. The van der Waals surface area contributed by atoms with E-state index in [-0.39, 0.29) is 5.91 Å². The molecular weight excluding hydrogens is 338 g/mol. The minimum Gasteiger partial charge on any atom is -0.461 e. The number of rotatable bonds is 5. The number of aromatic nitrogens is 3. The van der Waals surface area contributed by atoms with Crippen LogP contribution in [0.4, 0.5) is 5.69 Å². The van der Waals surface area contributed by atoms with Crippen molar-refractivity contribution < 1.29 is 9.21 Å². The van der Waals surface area contributed by atoms with Gasteiger partial charge in [-0.1, -0.05) is 17.8 Å². The van der Waals surface area contributed by atoms with Crippen molar-refractivity contribution >= 4 is 23.4 Å². The van der Waals surface area contributed by atoms with Gasteiger partial charge in [-0.3, -0.25) is 4.79 Å². The Kier molecular flexibility index (Phi) is 4.86. The zero-order valence-electron chi connectivity index (χ0n) is 13.6. The first-order chi connectivity index (χ1) is 12.1. The topological polar surface area (TPSA) is 96.7 Å². The fraction of sp³-hybridized carbons (Fsp3) is 0.176. The van der Waals surface area contributed by atoms with E-state index in [9.17, 15) is 4.79 Å². The van der Waals surface area contributed by atoms with Crippen molar-refractivity contribution in [3.05, 3.63) is 48.2 Å². The predicted molar refractivity (Wildman–Crippen MR) is 93.8 cm³/mol. The molecule has 0 saturated carbocycles. The highest BCUT2D eigenvalue weighted by molar-refractivity contribution is 8.00. The van der Waals surface area contributed by atoms with E-state index in [1.54, 1.807) is 54.2 Å². The number of carbonyl (C=O) groups is 1. The number of nitriles is 1. The summed E-state index contributed by atoms with van der Waals surface area (Å²) in [5.74, 6) is 1.04. The molecule has 3 rings (SSSR count). The van der Waals surface area contributed by atoms with Gasteiger partial charge in [-0.05, 0) is 37.3 Å². The van der Waals surface area contributed by atoms with Crippen molar-refractivity contribution in [1.29, 1.82) is 5.26 Å². The molecule has 0 saturated heterocycles. The average Bonchev–Trinajstić information content (AvgIpc) is 3.25. The Labute approximate surface area is 148 Å². The highest BCUT2D eigenvalue weighted by Gasteiger charge is 2.20. The normalized spacial score (nSPS) is 11.7. The second-order valence-corrected chi connectivity index (χ2v) is 6.59. The van der Waals surface area contributed by atoms with Gasteiger partial charge in [-0.25, -0.2) is 0 Å². The Morgan fingerprint density at radius 1 is 1.36 bits per heavy atom. The molecule has 0 spiro atoms. The van der Waals surface area contributed by atoms with Gasteiger partial charge in [0.25, 0.3) is 0 Å². The molecule has 0 radical (unpaired) electrons. The highest BCUT2D eigenvalue weighted by Crippen LogP contribution is 2.26. The molecule has 3 aromatic rings. The lowest BCUT2D eigenvalue weighted by Gasteiger charge is -2.11. The highest BCUT2D eigenvalue weighted by atomic mass is 32.2. The van der Waals surface area contributed by atoms with E-state index in [4.69, 9.17) is 9.68 Å².